The van der Waals surface area contributed by atoms with Crippen LogP contribution in [0.1, 0.15) is 78.6 Å². The molecular formula is C27H54O6SSi2. The molecule has 1 aliphatic carbocycles. The first kappa shape index (κ1) is 33.7. The topological polar surface area (TPSA) is 78.9 Å². The van der Waals surface area contributed by atoms with Crippen molar-refractivity contribution in [1.82, 2.24) is 0 Å². The van der Waals surface area contributed by atoms with Gasteiger partial charge in [0.25, 0.3) is 10.1 Å². The van der Waals surface area contributed by atoms with Gasteiger partial charge in [0.2, 0.25) is 0 Å². The molecule has 0 saturated heterocycles. The van der Waals surface area contributed by atoms with Crippen molar-refractivity contribution in [3.63, 3.8) is 0 Å². The van der Waals surface area contributed by atoms with E-state index in [2.05, 4.69) is 53.0 Å². The standard InChI is InChI=1S/C27H54O6SSi2/c1-9-12-15-16-23(32-35(5,6)19-13-10-2)17-18-24-25(22-31-34(4,29)30)27(21-26(24)28)33-36(7,8)20-14-11-3/h17-18,23-25,27H,9-16,19-22H2,1-8H3/t23-,24?,25?,27?/m1/s1. The van der Waals surface area contributed by atoms with Gasteiger partial charge >= 0.3 is 0 Å². The number of hydrogen-bond donors (Lipinski definition) is 0. The van der Waals surface area contributed by atoms with Crippen LogP contribution in [-0.2, 0) is 27.9 Å². The highest BCUT2D eigenvalue weighted by molar-refractivity contribution is 7.85. The first-order valence-electron chi connectivity index (χ1n) is 14.1. The summed E-state index contributed by atoms with van der Waals surface area (Å²) in [6, 6.07) is 2.15. The van der Waals surface area contributed by atoms with Gasteiger partial charge in [-0.1, -0.05) is 77.9 Å². The van der Waals surface area contributed by atoms with Crippen LogP contribution in [0.2, 0.25) is 38.3 Å². The van der Waals surface area contributed by atoms with Crippen LogP contribution in [0.25, 0.3) is 0 Å². The Bertz CT molecular complexity index is 781. The van der Waals surface area contributed by atoms with E-state index in [0.717, 1.165) is 63.3 Å². The Morgan fingerprint density at radius 2 is 1.53 bits per heavy atom. The largest absolute Gasteiger partial charge is 0.414 e. The molecule has 9 heteroatoms. The molecule has 36 heavy (non-hydrogen) atoms. The fraction of sp³-hybridized carbons (Fsp3) is 0.889. The fourth-order valence-electron chi connectivity index (χ4n) is 4.92. The van der Waals surface area contributed by atoms with Crippen molar-refractivity contribution >= 4 is 32.5 Å². The third-order valence-corrected chi connectivity index (χ3v) is 12.6. The van der Waals surface area contributed by atoms with E-state index in [0.29, 0.717) is 6.42 Å². The number of Topliss-reactive ketones (excluding diaryl/α,β-unsaturated/α-hetero) is 1. The SMILES string of the molecule is CCCCC[C@H](C=CC1C(=O)CC(O[Si](C)(C)CCCC)C1COS(C)(=O)=O)O[Si](C)(C)CCCC. The summed E-state index contributed by atoms with van der Waals surface area (Å²) in [5.74, 6) is -0.614. The van der Waals surface area contributed by atoms with Crippen LogP contribution < -0.4 is 0 Å². The molecule has 1 aliphatic rings. The highest BCUT2D eigenvalue weighted by Crippen LogP contribution is 2.36. The average Bonchev–Trinajstić information content (AvgIpc) is 3.05. The summed E-state index contributed by atoms with van der Waals surface area (Å²) in [7, 11) is -7.40. The van der Waals surface area contributed by atoms with Gasteiger partial charge < -0.3 is 8.85 Å². The second-order valence-corrected chi connectivity index (χ2v) is 21.9. The van der Waals surface area contributed by atoms with E-state index in [1.807, 2.05) is 6.08 Å². The Balaban J connectivity index is 3.11. The first-order valence-corrected chi connectivity index (χ1v) is 22.2. The number of rotatable bonds is 19. The maximum absolute atomic E-state index is 13.2. The molecule has 0 aromatic carbocycles. The van der Waals surface area contributed by atoms with Crippen molar-refractivity contribution < 1.29 is 26.2 Å². The Hall–Kier alpha value is -0.326. The molecule has 0 aromatic heterocycles. The lowest BCUT2D eigenvalue weighted by molar-refractivity contribution is -0.120. The molecule has 212 valence electrons. The van der Waals surface area contributed by atoms with Crippen LogP contribution in [0.15, 0.2) is 12.2 Å². The molecule has 0 amide bonds. The van der Waals surface area contributed by atoms with E-state index in [1.54, 1.807) is 0 Å². The Morgan fingerprint density at radius 1 is 0.944 bits per heavy atom. The van der Waals surface area contributed by atoms with Crippen LogP contribution in [0.4, 0.5) is 0 Å². The van der Waals surface area contributed by atoms with E-state index < -0.39 is 32.7 Å². The third kappa shape index (κ3) is 13.5. The molecule has 0 bridgehead atoms. The molecule has 6 nitrogen and oxygen atoms in total. The zero-order chi connectivity index (χ0) is 27.4. The summed E-state index contributed by atoms with van der Waals surface area (Å²) in [5, 5.41) is 0. The van der Waals surface area contributed by atoms with Gasteiger partial charge in [0.05, 0.1) is 25.1 Å². The third-order valence-electron chi connectivity index (χ3n) is 7.02. The van der Waals surface area contributed by atoms with Crippen molar-refractivity contribution in [3.05, 3.63) is 12.2 Å². The zero-order valence-electron chi connectivity index (χ0n) is 24.3. The van der Waals surface area contributed by atoms with Crippen molar-refractivity contribution in [1.29, 1.82) is 0 Å². The smallest absolute Gasteiger partial charge is 0.264 e. The Labute approximate surface area is 224 Å². The second-order valence-electron chi connectivity index (χ2n) is 11.8. The lowest BCUT2D eigenvalue weighted by atomic mass is 9.94. The highest BCUT2D eigenvalue weighted by atomic mass is 32.2. The van der Waals surface area contributed by atoms with Crippen molar-refractivity contribution in [2.75, 3.05) is 12.9 Å². The molecule has 1 saturated carbocycles. The predicted octanol–water partition coefficient (Wildman–Crippen LogP) is 7.09. The summed E-state index contributed by atoms with van der Waals surface area (Å²) < 4.78 is 42.1. The van der Waals surface area contributed by atoms with Crippen LogP contribution in [0.3, 0.4) is 0 Å². The van der Waals surface area contributed by atoms with Gasteiger partial charge in [0, 0.05) is 18.3 Å². The molecule has 0 aromatic rings. The minimum atomic E-state index is -3.61. The summed E-state index contributed by atoms with van der Waals surface area (Å²) >= 11 is 0. The van der Waals surface area contributed by atoms with Gasteiger partial charge in [0.1, 0.15) is 5.78 Å². The lowest BCUT2D eigenvalue weighted by Gasteiger charge is -2.31. The number of unbranched alkanes of at least 4 members (excludes halogenated alkanes) is 4. The first-order chi connectivity index (χ1) is 16.7. The van der Waals surface area contributed by atoms with Crippen LogP contribution in [0.5, 0.6) is 0 Å². The molecule has 0 N–H and O–H groups in total. The van der Waals surface area contributed by atoms with Gasteiger partial charge in [-0.15, -0.1) is 0 Å². The maximum atomic E-state index is 13.2. The molecule has 0 radical (unpaired) electrons. The number of hydrogen-bond acceptors (Lipinski definition) is 6. The van der Waals surface area contributed by atoms with Gasteiger partial charge in [0.15, 0.2) is 16.6 Å². The second kappa shape index (κ2) is 15.9. The van der Waals surface area contributed by atoms with Crippen molar-refractivity contribution in [2.45, 2.75) is 129 Å². The molecule has 0 aliphatic heterocycles. The van der Waals surface area contributed by atoms with E-state index in [9.17, 15) is 13.2 Å². The molecule has 1 rings (SSSR count). The predicted molar refractivity (Wildman–Crippen MR) is 155 cm³/mol. The lowest BCUT2D eigenvalue weighted by Crippen LogP contribution is -2.39. The summed E-state index contributed by atoms with van der Waals surface area (Å²) in [6.45, 7) is 15.5. The van der Waals surface area contributed by atoms with Gasteiger partial charge in [-0.3, -0.25) is 8.98 Å². The zero-order valence-corrected chi connectivity index (χ0v) is 27.1. The van der Waals surface area contributed by atoms with E-state index in [1.165, 1.54) is 6.42 Å². The number of allylic oxidation sites excluding steroid dienone is 1. The number of carbonyl (C=O) groups excluding carboxylic acids is 1. The number of ketones is 1. The Morgan fingerprint density at radius 3 is 2.08 bits per heavy atom. The average molecular weight is 563 g/mol. The minimum Gasteiger partial charge on any atom is -0.414 e. The van der Waals surface area contributed by atoms with Gasteiger partial charge in [-0.05, 0) is 44.7 Å². The maximum Gasteiger partial charge on any atom is 0.264 e. The van der Waals surface area contributed by atoms with Gasteiger partial charge in [-0.25, -0.2) is 0 Å². The van der Waals surface area contributed by atoms with Crippen LogP contribution >= 0.6 is 0 Å². The minimum absolute atomic E-state index is 0.0188. The molecule has 0 heterocycles. The van der Waals surface area contributed by atoms with E-state index >= 15 is 0 Å². The van der Waals surface area contributed by atoms with Crippen molar-refractivity contribution in [2.24, 2.45) is 11.8 Å². The molecule has 3 unspecified atom stereocenters. The number of carbonyl (C=O) groups is 1. The molecule has 1 fully saturated rings. The van der Waals surface area contributed by atoms with Gasteiger partial charge in [-0.2, -0.15) is 8.42 Å². The van der Waals surface area contributed by atoms with Crippen LogP contribution in [-0.4, -0.2) is 55.9 Å². The Kier molecular flexibility index (Phi) is 14.9. The monoisotopic (exact) mass is 562 g/mol. The van der Waals surface area contributed by atoms with E-state index in [-0.39, 0.29) is 30.5 Å². The quantitative estimate of drug-likeness (QED) is 0.0724. The normalized spacial score (nSPS) is 22.6. The summed E-state index contributed by atoms with van der Waals surface area (Å²) in [5.41, 5.74) is 0. The van der Waals surface area contributed by atoms with Crippen molar-refractivity contribution in [3.8, 4) is 0 Å². The molecule has 4 atom stereocenters. The molecule has 0 spiro atoms. The van der Waals surface area contributed by atoms with E-state index in [4.69, 9.17) is 13.0 Å². The summed E-state index contributed by atoms with van der Waals surface area (Å²) in [4.78, 5) is 13.2. The molecular weight excluding hydrogens is 509 g/mol. The fourth-order valence-corrected chi connectivity index (χ4v) is 10.1. The van der Waals surface area contributed by atoms with Crippen LogP contribution in [0, 0.1) is 11.8 Å². The highest BCUT2D eigenvalue weighted by Gasteiger charge is 2.44. The summed E-state index contributed by atoms with van der Waals surface area (Å²) in [6.07, 6.45) is 14.0.